The first-order chi connectivity index (χ1) is 24.3. The maximum absolute atomic E-state index is 6.42. The molecule has 0 unspecified atom stereocenters. The number of fused-ring (bicyclic) bond motifs is 8. The highest BCUT2D eigenvalue weighted by atomic mass is 32.1. The lowest BCUT2D eigenvalue weighted by Gasteiger charge is -2.27. The van der Waals surface area contributed by atoms with E-state index >= 15 is 0 Å². The van der Waals surface area contributed by atoms with Crippen molar-refractivity contribution in [2.75, 3.05) is 4.90 Å². The summed E-state index contributed by atoms with van der Waals surface area (Å²) in [6.07, 6.45) is 0. The van der Waals surface area contributed by atoms with Gasteiger partial charge < -0.3 is 9.32 Å². The van der Waals surface area contributed by atoms with E-state index in [1.165, 1.54) is 53.2 Å². The van der Waals surface area contributed by atoms with E-state index < -0.39 is 0 Å². The molecule has 0 aliphatic heterocycles. The van der Waals surface area contributed by atoms with Crippen LogP contribution in [0.1, 0.15) is 0 Å². The van der Waals surface area contributed by atoms with Gasteiger partial charge in [-0.15, -0.1) is 11.3 Å². The van der Waals surface area contributed by atoms with E-state index in [0.717, 1.165) is 39.0 Å². The molecule has 0 atom stereocenters. The molecule has 2 nitrogen and oxygen atoms in total. The molecule has 230 valence electrons. The monoisotopic (exact) mass is 643 g/mol. The van der Waals surface area contributed by atoms with Crippen LogP contribution in [0, 0.1) is 0 Å². The molecule has 0 radical (unpaired) electrons. The maximum Gasteiger partial charge on any atom is 0.137 e. The Hall–Kier alpha value is -6.16. The fourth-order valence-corrected chi connectivity index (χ4v) is 8.62. The molecule has 0 N–H and O–H groups in total. The number of nitrogens with zero attached hydrogens (tertiary/aromatic N) is 1. The molecule has 0 bridgehead atoms. The zero-order valence-electron chi connectivity index (χ0n) is 26.5. The molecule has 3 heteroatoms. The first-order valence-corrected chi connectivity index (χ1v) is 17.4. The van der Waals surface area contributed by atoms with E-state index in [4.69, 9.17) is 4.42 Å². The van der Waals surface area contributed by atoms with Crippen LogP contribution in [0.5, 0.6) is 0 Å². The molecule has 0 fully saturated rings. The van der Waals surface area contributed by atoms with Gasteiger partial charge in [0.2, 0.25) is 0 Å². The van der Waals surface area contributed by atoms with Crippen molar-refractivity contribution in [3.05, 3.63) is 176 Å². The highest BCUT2D eigenvalue weighted by Crippen LogP contribution is 2.47. The number of thiophene rings is 1. The third-order valence-electron chi connectivity index (χ3n) is 9.66. The van der Waals surface area contributed by atoms with Crippen LogP contribution >= 0.6 is 11.3 Å². The average molecular weight is 644 g/mol. The summed E-state index contributed by atoms with van der Waals surface area (Å²) < 4.78 is 9.03. The molecule has 0 amide bonds. The molecule has 0 aliphatic carbocycles. The van der Waals surface area contributed by atoms with Gasteiger partial charge in [-0.05, 0) is 81.6 Å². The Bertz CT molecular complexity index is 2830. The Balaban J connectivity index is 1.26. The highest BCUT2D eigenvalue weighted by Gasteiger charge is 2.22. The quantitative estimate of drug-likeness (QED) is 0.186. The Morgan fingerprint density at radius 2 is 1.10 bits per heavy atom. The Morgan fingerprint density at radius 3 is 1.94 bits per heavy atom. The number of anilines is 3. The third-order valence-corrected chi connectivity index (χ3v) is 10.9. The lowest BCUT2D eigenvalue weighted by Crippen LogP contribution is -2.10. The van der Waals surface area contributed by atoms with Crippen LogP contribution in [0.25, 0.3) is 75.1 Å². The first-order valence-electron chi connectivity index (χ1n) is 16.6. The maximum atomic E-state index is 6.42. The van der Waals surface area contributed by atoms with Crippen LogP contribution in [0.15, 0.2) is 180 Å². The van der Waals surface area contributed by atoms with Crippen molar-refractivity contribution in [2.24, 2.45) is 0 Å². The van der Waals surface area contributed by atoms with Crippen molar-refractivity contribution >= 4 is 81.3 Å². The van der Waals surface area contributed by atoms with Crippen LogP contribution in [0.3, 0.4) is 0 Å². The van der Waals surface area contributed by atoms with Gasteiger partial charge in [0.1, 0.15) is 11.2 Å². The molecule has 0 saturated heterocycles. The average Bonchev–Trinajstić information content (AvgIpc) is 3.75. The van der Waals surface area contributed by atoms with Gasteiger partial charge in [-0.2, -0.15) is 0 Å². The summed E-state index contributed by atoms with van der Waals surface area (Å²) in [5, 5.41) is 7.34. The van der Waals surface area contributed by atoms with Gasteiger partial charge in [0.15, 0.2) is 0 Å². The zero-order chi connectivity index (χ0) is 32.3. The first kappa shape index (κ1) is 27.9. The van der Waals surface area contributed by atoms with Crippen LogP contribution < -0.4 is 4.90 Å². The van der Waals surface area contributed by atoms with Gasteiger partial charge in [0.05, 0.1) is 11.1 Å². The summed E-state index contributed by atoms with van der Waals surface area (Å²) in [5.41, 5.74) is 9.80. The van der Waals surface area contributed by atoms with Crippen molar-refractivity contribution in [3.63, 3.8) is 0 Å². The van der Waals surface area contributed by atoms with Crippen molar-refractivity contribution < 1.29 is 4.42 Å². The van der Waals surface area contributed by atoms with E-state index in [1.807, 2.05) is 17.4 Å². The molecule has 0 spiro atoms. The summed E-state index contributed by atoms with van der Waals surface area (Å²) in [4.78, 5) is 2.41. The molecule has 0 saturated carbocycles. The van der Waals surface area contributed by atoms with Crippen LogP contribution in [0.4, 0.5) is 17.1 Å². The molecular weight excluding hydrogens is 615 g/mol. The molecular formula is C46H29NOS. The molecule has 10 rings (SSSR count). The molecule has 49 heavy (non-hydrogen) atoms. The largest absolute Gasteiger partial charge is 0.456 e. The zero-order valence-corrected chi connectivity index (χ0v) is 27.3. The number of furan rings is 1. The number of rotatable bonds is 5. The topological polar surface area (TPSA) is 16.4 Å². The number of benzene rings is 8. The summed E-state index contributed by atoms with van der Waals surface area (Å²) in [6, 6.07) is 63.2. The minimum atomic E-state index is 0.876. The van der Waals surface area contributed by atoms with Crippen LogP contribution in [-0.4, -0.2) is 0 Å². The van der Waals surface area contributed by atoms with E-state index in [1.54, 1.807) is 0 Å². The van der Waals surface area contributed by atoms with E-state index in [9.17, 15) is 0 Å². The Morgan fingerprint density at radius 1 is 0.429 bits per heavy atom. The minimum Gasteiger partial charge on any atom is -0.456 e. The van der Waals surface area contributed by atoms with Gasteiger partial charge in [-0.1, -0.05) is 127 Å². The SMILES string of the molecule is c1ccc(-c2ccc(N(c3ccc4sc5c6ccccc6ccc5c4c3)c3cccc4oc5ccccc5c34)cc2-c2ccccc2)cc1. The Kier molecular flexibility index (Phi) is 6.39. The number of para-hydroxylation sites is 1. The molecule has 8 aromatic carbocycles. The number of hydrogen-bond donors (Lipinski definition) is 0. The molecule has 2 aromatic heterocycles. The lowest BCUT2D eigenvalue weighted by molar-refractivity contribution is 0.669. The fraction of sp³-hybridized carbons (Fsp3) is 0. The summed E-state index contributed by atoms with van der Waals surface area (Å²) >= 11 is 1.87. The molecule has 10 aromatic rings. The van der Waals surface area contributed by atoms with Gasteiger partial charge in [0.25, 0.3) is 0 Å². The van der Waals surface area contributed by atoms with E-state index in [0.29, 0.717) is 0 Å². The van der Waals surface area contributed by atoms with Crippen LogP contribution in [0.2, 0.25) is 0 Å². The highest BCUT2D eigenvalue weighted by molar-refractivity contribution is 7.26. The summed E-state index contributed by atoms with van der Waals surface area (Å²) in [7, 11) is 0. The third kappa shape index (κ3) is 4.55. The standard InChI is InChI=1S/C46H29NOS/c1-3-12-30(13-4-1)35-26-23-33(28-39(35)31-14-5-2-6-15-31)47(41-19-11-21-43-45(41)38-18-9-10-20-42(38)48-43)34-24-27-44-40(29-34)37-25-22-32-16-7-8-17-36(32)46(37)49-44/h1-29H. The van der Waals surface area contributed by atoms with Gasteiger partial charge in [-0.25, -0.2) is 0 Å². The lowest BCUT2D eigenvalue weighted by atomic mass is 9.93. The van der Waals surface area contributed by atoms with E-state index in [-0.39, 0.29) is 0 Å². The second kappa shape index (κ2) is 11.2. The Labute approximate surface area is 287 Å². The normalized spacial score (nSPS) is 11.7. The van der Waals surface area contributed by atoms with Crippen molar-refractivity contribution in [1.29, 1.82) is 0 Å². The molecule has 0 aliphatic rings. The van der Waals surface area contributed by atoms with E-state index in [2.05, 4.69) is 175 Å². The summed E-state index contributed by atoms with van der Waals surface area (Å²) in [5.74, 6) is 0. The smallest absolute Gasteiger partial charge is 0.137 e. The van der Waals surface area contributed by atoms with Crippen molar-refractivity contribution in [2.45, 2.75) is 0 Å². The van der Waals surface area contributed by atoms with Crippen molar-refractivity contribution in [1.82, 2.24) is 0 Å². The number of hydrogen-bond acceptors (Lipinski definition) is 3. The summed E-state index contributed by atoms with van der Waals surface area (Å²) in [6.45, 7) is 0. The molecule has 2 heterocycles. The second-order valence-electron chi connectivity index (χ2n) is 12.5. The van der Waals surface area contributed by atoms with Crippen LogP contribution in [-0.2, 0) is 0 Å². The van der Waals surface area contributed by atoms with Gasteiger partial charge >= 0.3 is 0 Å². The minimum absolute atomic E-state index is 0.876. The predicted octanol–water partition coefficient (Wildman–Crippen LogP) is 13.9. The van der Waals surface area contributed by atoms with Crippen molar-refractivity contribution in [3.8, 4) is 22.3 Å². The van der Waals surface area contributed by atoms with Gasteiger partial charge in [-0.3, -0.25) is 0 Å². The van der Waals surface area contributed by atoms with Gasteiger partial charge in [0, 0.05) is 36.9 Å². The second-order valence-corrected chi connectivity index (χ2v) is 13.5. The fourth-order valence-electron chi connectivity index (χ4n) is 7.40. The predicted molar refractivity (Wildman–Crippen MR) is 210 cm³/mol.